The molecular formula is C13H22N4O. The van der Waals surface area contributed by atoms with E-state index >= 15 is 0 Å². The lowest BCUT2D eigenvalue weighted by atomic mass is 10.1. The molecule has 1 aliphatic rings. The van der Waals surface area contributed by atoms with E-state index in [4.69, 9.17) is 4.74 Å². The maximum atomic E-state index is 5.67. The largest absolute Gasteiger partial charge is 0.375 e. The second kappa shape index (κ2) is 5.10. The van der Waals surface area contributed by atoms with Gasteiger partial charge in [0, 0.05) is 19.2 Å². The number of ether oxygens (including phenoxy) is 1. The van der Waals surface area contributed by atoms with E-state index in [-0.39, 0.29) is 6.10 Å². The molecule has 0 spiro atoms. The van der Waals surface area contributed by atoms with Crippen LogP contribution in [0.3, 0.4) is 0 Å². The zero-order chi connectivity index (χ0) is 13.3. The van der Waals surface area contributed by atoms with Crippen molar-refractivity contribution < 1.29 is 4.74 Å². The van der Waals surface area contributed by atoms with Gasteiger partial charge in [-0.2, -0.15) is 0 Å². The van der Waals surface area contributed by atoms with E-state index in [0.717, 1.165) is 36.2 Å². The molecule has 0 radical (unpaired) electrons. The molecule has 1 aliphatic heterocycles. The lowest BCUT2D eigenvalue weighted by molar-refractivity contribution is 0.0340. The molecule has 1 N–H and O–H groups in total. The van der Waals surface area contributed by atoms with Crippen LogP contribution >= 0.6 is 0 Å². The van der Waals surface area contributed by atoms with Gasteiger partial charge in [-0.25, -0.2) is 9.97 Å². The molecule has 1 aromatic rings. The lowest BCUT2D eigenvalue weighted by Gasteiger charge is -2.38. The third-order valence-electron chi connectivity index (χ3n) is 3.35. The molecule has 1 saturated heterocycles. The van der Waals surface area contributed by atoms with Crippen molar-refractivity contribution in [2.45, 2.75) is 39.8 Å². The van der Waals surface area contributed by atoms with Gasteiger partial charge in [0.2, 0.25) is 0 Å². The maximum absolute atomic E-state index is 5.67. The number of aromatic nitrogens is 2. The Bertz CT molecular complexity index is 435. The summed E-state index contributed by atoms with van der Waals surface area (Å²) in [5.74, 6) is 2.73. The predicted octanol–water partition coefficient (Wildman–Crippen LogP) is 1.75. The number of nitrogens with one attached hydrogen (secondary N) is 1. The fourth-order valence-corrected chi connectivity index (χ4v) is 2.34. The average molecular weight is 250 g/mol. The van der Waals surface area contributed by atoms with Crippen LogP contribution < -0.4 is 10.2 Å². The van der Waals surface area contributed by atoms with Crippen LogP contribution in [0, 0.1) is 13.8 Å². The molecule has 2 rings (SSSR count). The van der Waals surface area contributed by atoms with E-state index in [9.17, 15) is 0 Å². The first-order chi connectivity index (χ1) is 8.52. The van der Waals surface area contributed by atoms with E-state index in [1.54, 1.807) is 0 Å². The molecule has 18 heavy (non-hydrogen) atoms. The number of aryl methyl sites for hydroxylation is 1. The molecule has 0 bridgehead atoms. The highest BCUT2D eigenvalue weighted by atomic mass is 16.5. The van der Waals surface area contributed by atoms with E-state index in [2.05, 4.69) is 41.0 Å². The summed E-state index contributed by atoms with van der Waals surface area (Å²) in [5, 5.41) is 3.13. The highest BCUT2D eigenvalue weighted by molar-refractivity contribution is 5.59. The van der Waals surface area contributed by atoms with Gasteiger partial charge in [0.05, 0.1) is 18.8 Å². The Morgan fingerprint density at radius 3 is 2.67 bits per heavy atom. The van der Waals surface area contributed by atoms with Gasteiger partial charge in [-0.3, -0.25) is 0 Å². The Hall–Kier alpha value is -1.36. The Labute approximate surface area is 109 Å². The first-order valence-electron chi connectivity index (χ1n) is 6.44. The molecular weight excluding hydrogens is 228 g/mol. The molecule has 0 saturated carbocycles. The number of nitrogens with zero attached hydrogens (tertiary/aromatic N) is 3. The Kier molecular flexibility index (Phi) is 3.71. The highest BCUT2D eigenvalue weighted by Crippen LogP contribution is 2.27. The van der Waals surface area contributed by atoms with E-state index in [0.29, 0.717) is 6.04 Å². The smallest absolute Gasteiger partial charge is 0.137 e. The average Bonchev–Trinajstić information content (AvgIpc) is 2.35. The minimum absolute atomic E-state index is 0.244. The summed E-state index contributed by atoms with van der Waals surface area (Å²) in [6, 6.07) is 0.346. The summed E-state index contributed by atoms with van der Waals surface area (Å²) in [4.78, 5) is 11.3. The minimum atomic E-state index is 0.244. The van der Waals surface area contributed by atoms with Gasteiger partial charge in [0.1, 0.15) is 17.5 Å². The van der Waals surface area contributed by atoms with Gasteiger partial charge in [-0.15, -0.1) is 0 Å². The molecule has 0 amide bonds. The van der Waals surface area contributed by atoms with Crippen LogP contribution in [-0.2, 0) is 4.74 Å². The molecule has 5 heteroatoms. The highest BCUT2D eigenvalue weighted by Gasteiger charge is 2.26. The molecule has 5 nitrogen and oxygen atoms in total. The van der Waals surface area contributed by atoms with Gasteiger partial charge in [-0.05, 0) is 27.7 Å². The molecule has 2 unspecified atom stereocenters. The van der Waals surface area contributed by atoms with Gasteiger partial charge in [0.15, 0.2) is 0 Å². The quantitative estimate of drug-likeness (QED) is 0.866. The van der Waals surface area contributed by atoms with Gasteiger partial charge in [0.25, 0.3) is 0 Å². The van der Waals surface area contributed by atoms with Crippen LogP contribution in [0.4, 0.5) is 11.6 Å². The van der Waals surface area contributed by atoms with Crippen molar-refractivity contribution in [3.63, 3.8) is 0 Å². The van der Waals surface area contributed by atoms with Crippen molar-refractivity contribution in [3.8, 4) is 0 Å². The summed E-state index contributed by atoms with van der Waals surface area (Å²) in [5.41, 5.74) is 1.10. The van der Waals surface area contributed by atoms with E-state index in [1.165, 1.54) is 0 Å². The van der Waals surface area contributed by atoms with Crippen molar-refractivity contribution in [2.24, 2.45) is 0 Å². The fraction of sp³-hybridized carbons (Fsp3) is 0.692. The van der Waals surface area contributed by atoms with Crippen molar-refractivity contribution in [1.82, 2.24) is 9.97 Å². The molecule has 0 aliphatic carbocycles. The molecule has 1 aromatic heterocycles. The van der Waals surface area contributed by atoms with Crippen LogP contribution in [0.1, 0.15) is 25.2 Å². The van der Waals surface area contributed by atoms with Crippen LogP contribution in [0.25, 0.3) is 0 Å². The van der Waals surface area contributed by atoms with Gasteiger partial charge < -0.3 is 15.0 Å². The molecule has 1 fully saturated rings. The first-order valence-corrected chi connectivity index (χ1v) is 6.44. The fourth-order valence-electron chi connectivity index (χ4n) is 2.34. The molecule has 0 aromatic carbocycles. The standard InChI is InChI=1S/C13H22N4O/c1-8-7-18-9(2)6-17(8)13-10(3)12(14-5)15-11(4)16-13/h8-9H,6-7H2,1-5H3,(H,14,15,16). The summed E-state index contributed by atoms with van der Waals surface area (Å²) in [7, 11) is 1.89. The van der Waals surface area contributed by atoms with Crippen molar-refractivity contribution >= 4 is 11.6 Å². The monoisotopic (exact) mass is 250 g/mol. The predicted molar refractivity (Wildman–Crippen MR) is 73.3 cm³/mol. The van der Waals surface area contributed by atoms with Crippen molar-refractivity contribution in [1.29, 1.82) is 0 Å². The normalized spacial score (nSPS) is 24.2. The maximum Gasteiger partial charge on any atom is 0.137 e. The zero-order valence-corrected chi connectivity index (χ0v) is 11.8. The molecule has 2 atom stereocenters. The zero-order valence-electron chi connectivity index (χ0n) is 11.8. The Morgan fingerprint density at radius 1 is 1.28 bits per heavy atom. The van der Waals surface area contributed by atoms with Crippen LogP contribution in [0.2, 0.25) is 0 Å². The molecule has 2 heterocycles. The number of hydrogen-bond acceptors (Lipinski definition) is 5. The topological polar surface area (TPSA) is 50.3 Å². The van der Waals surface area contributed by atoms with Crippen molar-refractivity contribution in [3.05, 3.63) is 11.4 Å². The Balaban J connectivity index is 2.39. The van der Waals surface area contributed by atoms with E-state index < -0.39 is 0 Å². The second-order valence-corrected chi connectivity index (χ2v) is 4.96. The summed E-state index contributed by atoms with van der Waals surface area (Å²) < 4.78 is 5.67. The second-order valence-electron chi connectivity index (χ2n) is 4.96. The Morgan fingerprint density at radius 2 is 2.00 bits per heavy atom. The SMILES string of the molecule is CNc1nc(C)nc(N2CC(C)OCC2C)c1C. The lowest BCUT2D eigenvalue weighted by Crippen LogP contribution is -2.48. The number of rotatable bonds is 2. The van der Waals surface area contributed by atoms with Crippen LogP contribution in [-0.4, -0.2) is 42.3 Å². The van der Waals surface area contributed by atoms with Gasteiger partial charge in [-0.1, -0.05) is 0 Å². The van der Waals surface area contributed by atoms with E-state index in [1.807, 2.05) is 14.0 Å². The van der Waals surface area contributed by atoms with Crippen LogP contribution in [0.15, 0.2) is 0 Å². The van der Waals surface area contributed by atoms with Crippen molar-refractivity contribution in [2.75, 3.05) is 30.4 Å². The number of anilines is 2. The first kappa shape index (κ1) is 13.1. The summed E-state index contributed by atoms with van der Waals surface area (Å²) >= 11 is 0. The summed E-state index contributed by atoms with van der Waals surface area (Å²) in [6.45, 7) is 9.88. The number of morpholine rings is 1. The molecule has 100 valence electrons. The van der Waals surface area contributed by atoms with Gasteiger partial charge >= 0.3 is 0 Å². The van der Waals surface area contributed by atoms with Crippen LogP contribution in [0.5, 0.6) is 0 Å². The summed E-state index contributed by atoms with van der Waals surface area (Å²) in [6.07, 6.45) is 0.244. The third kappa shape index (κ3) is 2.41. The third-order valence-corrected chi connectivity index (χ3v) is 3.35. The number of hydrogen-bond donors (Lipinski definition) is 1. The minimum Gasteiger partial charge on any atom is -0.375 e.